The lowest BCUT2D eigenvalue weighted by atomic mass is 9.96. The zero-order chi connectivity index (χ0) is 16.6. The number of alkyl halides is 3. The van der Waals surface area contributed by atoms with Gasteiger partial charge < -0.3 is 4.90 Å². The van der Waals surface area contributed by atoms with Gasteiger partial charge in [0.15, 0.2) is 0 Å². The molecule has 0 unspecified atom stereocenters. The molecule has 120 valence electrons. The molecule has 0 aromatic heterocycles. The number of hydrogen-bond donors (Lipinski definition) is 0. The van der Waals surface area contributed by atoms with Gasteiger partial charge in [-0.2, -0.15) is 13.2 Å². The Morgan fingerprint density at radius 2 is 1.78 bits per heavy atom. The molecule has 1 aliphatic rings. The highest BCUT2D eigenvalue weighted by molar-refractivity contribution is 5.77. The summed E-state index contributed by atoms with van der Waals surface area (Å²) in [6, 6.07) is 10.9. The number of fused-ring (bicyclic) bond motifs is 1. The van der Waals surface area contributed by atoms with Crippen LogP contribution in [0, 0.1) is 0 Å². The molecule has 2 nitrogen and oxygen atoms in total. The Labute approximate surface area is 132 Å². The quantitative estimate of drug-likeness (QED) is 0.790. The molecular formula is C18H16F3NO. The van der Waals surface area contributed by atoms with Gasteiger partial charge in [-0.1, -0.05) is 37.3 Å². The zero-order valence-corrected chi connectivity index (χ0v) is 12.7. The van der Waals surface area contributed by atoms with Crippen molar-refractivity contribution in [3.63, 3.8) is 0 Å². The molecule has 0 N–H and O–H groups in total. The van der Waals surface area contributed by atoms with Crippen LogP contribution in [0.5, 0.6) is 0 Å². The fraction of sp³-hybridized carbons (Fsp3) is 0.278. The van der Waals surface area contributed by atoms with Crippen molar-refractivity contribution in [3.8, 4) is 11.1 Å². The van der Waals surface area contributed by atoms with E-state index >= 15 is 0 Å². The predicted octanol–water partition coefficient (Wildman–Crippen LogP) is 4.62. The highest BCUT2D eigenvalue weighted by Gasteiger charge is 2.33. The van der Waals surface area contributed by atoms with Crippen LogP contribution >= 0.6 is 0 Å². The van der Waals surface area contributed by atoms with Crippen LogP contribution in [0.1, 0.15) is 30.0 Å². The Bertz CT molecular complexity index is 752. The third-order valence-corrected chi connectivity index (χ3v) is 4.13. The van der Waals surface area contributed by atoms with Gasteiger partial charge >= 0.3 is 6.18 Å². The second-order valence-corrected chi connectivity index (χ2v) is 5.63. The fourth-order valence-corrected chi connectivity index (χ4v) is 2.94. The third kappa shape index (κ3) is 2.96. The Morgan fingerprint density at radius 3 is 2.48 bits per heavy atom. The van der Waals surface area contributed by atoms with Gasteiger partial charge in [0, 0.05) is 19.5 Å². The van der Waals surface area contributed by atoms with E-state index in [9.17, 15) is 18.0 Å². The highest BCUT2D eigenvalue weighted by Crippen LogP contribution is 2.38. The highest BCUT2D eigenvalue weighted by atomic mass is 19.4. The van der Waals surface area contributed by atoms with Gasteiger partial charge in [0.2, 0.25) is 5.91 Å². The number of rotatable bonds is 2. The molecular weight excluding hydrogens is 303 g/mol. The van der Waals surface area contributed by atoms with Gasteiger partial charge in [0.05, 0.1) is 5.56 Å². The van der Waals surface area contributed by atoms with Gasteiger partial charge in [-0.25, -0.2) is 0 Å². The van der Waals surface area contributed by atoms with Crippen LogP contribution in [0.3, 0.4) is 0 Å². The first-order valence-electron chi connectivity index (χ1n) is 7.46. The molecule has 2 aromatic rings. The number of amides is 1. The molecule has 5 heteroatoms. The van der Waals surface area contributed by atoms with Crippen molar-refractivity contribution in [1.29, 1.82) is 0 Å². The van der Waals surface area contributed by atoms with Crippen molar-refractivity contribution in [2.24, 2.45) is 0 Å². The first-order valence-corrected chi connectivity index (χ1v) is 7.46. The normalized spacial score (nSPS) is 14.0. The molecule has 2 aromatic carbocycles. The number of benzene rings is 2. The summed E-state index contributed by atoms with van der Waals surface area (Å²) in [6.45, 7) is 2.80. The minimum absolute atomic E-state index is 0.0541. The van der Waals surface area contributed by atoms with Crippen LogP contribution in [0.15, 0.2) is 42.5 Å². The van der Waals surface area contributed by atoms with Gasteiger partial charge in [-0.05, 0) is 34.4 Å². The Kier molecular flexibility index (Phi) is 3.88. The van der Waals surface area contributed by atoms with Gasteiger partial charge in [0.1, 0.15) is 0 Å². The van der Waals surface area contributed by atoms with Crippen molar-refractivity contribution in [3.05, 3.63) is 59.2 Å². The molecule has 0 saturated heterocycles. The van der Waals surface area contributed by atoms with E-state index in [2.05, 4.69) is 0 Å². The molecule has 23 heavy (non-hydrogen) atoms. The second kappa shape index (κ2) is 5.72. The van der Waals surface area contributed by atoms with E-state index in [1.54, 1.807) is 30.0 Å². The van der Waals surface area contributed by atoms with E-state index in [0.717, 1.165) is 17.2 Å². The van der Waals surface area contributed by atoms with Crippen LogP contribution in [0.25, 0.3) is 11.1 Å². The summed E-state index contributed by atoms with van der Waals surface area (Å²) in [5.74, 6) is 0.0541. The largest absolute Gasteiger partial charge is 0.417 e. The number of hydrogen-bond acceptors (Lipinski definition) is 1. The van der Waals surface area contributed by atoms with Gasteiger partial charge in [0.25, 0.3) is 0 Å². The van der Waals surface area contributed by atoms with Crippen LogP contribution in [-0.2, 0) is 24.1 Å². The molecule has 1 amide bonds. The SMILES string of the molecule is CCC(=O)N1Cc2ccc(-c3ccccc3C(F)(F)F)cc2C1. The maximum atomic E-state index is 13.2. The first kappa shape index (κ1) is 15.6. The maximum absolute atomic E-state index is 13.2. The molecule has 1 aliphatic heterocycles. The van der Waals surface area contributed by atoms with E-state index in [1.165, 1.54) is 12.1 Å². The van der Waals surface area contributed by atoms with Gasteiger partial charge in [-0.15, -0.1) is 0 Å². The molecule has 0 radical (unpaired) electrons. The van der Waals surface area contributed by atoms with Crippen molar-refractivity contribution in [1.82, 2.24) is 4.90 Å². The summed E-state index contributed by atoms with van der Waals surface area (Å²) in [5.41, 5.74) is 1.98. The van der Waals surface area contributed by atoms with Crippen LogP contribution in [-0.4, -0.2) is 10.8 Å². The monoisotopic (exact) mass is 319 g/mol. The molecule has 1 heterocycles. The molecule has 0 atom stereocenters. The van der Waals surface area contributed by atoms with Crippen LogP contribution in [0.4, 0.5) is 13.2 Å². The van der Waals surface area contributed by atoms with Crippen LogP contribution < -0.4 is 0 Å². The summed E-state index contributed by atoms with van der Waals surface area (Å²) in [7, 11) is 0. The molecule has 3 rings (SSSR count). The van der Waals surface area contributed by atoms with E-state index in [1.807, 2.05) is 6.07 Å². The number of halogens is 3. The topological polar surface area (TPSA) is 20.3 Å². The summed E-state index contributed by atoms with van der Waals surface area (Å²) in [6.07, 6.45) is -3.96. The fourth-order valence-electron chi connectivity index (χ4n) is 2.94. The van der Waals surface area contributed by atoms with Crippen molar-refractivity contribution in [2.45, 2.75) is 32.6 Å². The van der Waals surface area contributed by atoms with E-state index in [4.69, 9.17) is 0 Å². The zero-order valence-electron chi connectivity index (χ0n) is 12.7. The first-order chi connectivity index (χ1) is 10.9. The maximum Gasteiger partial charge on any atom is 0.417 e. The lowest BCUT2D eigenvalue weighted by Gasteiger charge is -2.14. The molecule has 0 aliphatic carbocycles. The van der Waals surface area contributed by atoms with E-state index in [0.29, 0.717) is 25.1 Å². The molecule has 0 fully saturated rings. The number of carbonyl (C=O) groups excluding carboxylic acids is 1. The summed E-state index contributed by atoms with van der Waals surface area (Å²) >= 11 is 0. The summed E-state index contributed by atoms with van der Waals surface area (Å²) < 4.78 is 39.5. The van der Waals surface area contributed by atoms with Crippen molar-refractivity contribution < 1.29 is 18.0 Å². The number of carbonyl (C=O) groups is 1. The van der Waals surface area contributed by atoms with E-state index in [-0.39, 0.29) is 11.5 Å². The third-order valence-electron chi connectivity index (χ3n) is 4.13. The minimum atomic E-state index is -4.39. The summed E-state index contributed by atoms with van der Waals surface area (Å²) in [4.78, 5) is 13.5. The lowest BCUT2D eigenvalue weighted by molar-refractivity contribution is -0.137. The molecule has 0 saturated carbocycles. The van der Waals surface area contributed by atoms with E-state index < -0.39 is 11.7 Å². The Balaban J connectivity index is 1.99. The second-order valence-electron chi connectivity index (χ2n) is 5.63. The Morgan fingerprint density at radius 1 is 1.09 bits per heavy atom. The lowest BCUT2D eigenvalue weighted by Crippen LogP contribution is -2.23. The van der Waals surface area contributed by atoms with Crippen molar-refractivity contribution in [2.75, 3.05) is 0 Å². The standard InChI is InChI=1S/C18H16F3NO/c1-2-17(23)22-10-13-8-7-12(9-14(13)11-22)15-5-3-4-6-16(15)18(19,20)21/h3-9H,2,10-11H2,1H3. The summed E-state index contributed by atoms with van der Waals surface area (Å²) in [5, 5.41) is 0. The molecule has 0 spiro atoms. The van der Waals surface area contributed by atoms with Crippen molar-refractivity contribution >= 4 is 5.91 Å². The average Bonchev–Trinajstić information content (AvgIpc) is 2.96. The molecule has 0 bridgehead atoms. The van der Waals surface area contributed by atoms with Gasteiger partial charge in [-0.3, -0.25) is 4.79 Å². The van der Waals surface area contributed by atoms with Crippen LogP contribution in [0.2, 0.25) is 0 Å². The predicted molar refractivity (Wildman–Crippen MR) is 81.4 cm³/mol. The Hall–Kier alpha value is -2.30. The smallest absolute Gasteiger partial charge is 0.334 e. The number of nitrogens with zero attached hydrogens (tertiary/aromatic N) is 1. The minimum Gasteiger partial charge on any atom is -0.334 e. The average molecular weight is 319 g/mol.